The Labute approximate surface area is 170 Å². The zero-order valence-corrected chi connectivity index (χ0v) is 16.9. The first-order valence-electron chi connectivity index (χ1n) is 10.1. The number of carbonyl (C=O) groups excluding carboxylic acids is 2. The summed E-state index contributed by atoms with van der Waals surface area (Å²) in [6.07, 6.45) is 1.20. The van der Waals surface area contributed by atoms with Gasteiger partial charge in [-0.25, -0.2) is 4.39 Å². The molecule has 2 fully saturated rings. The van der Waals surface area contributed by atoms with Gasteiger partial charge in [0.25, 0.3) is 0 Å². The van der Waals surface area contributed by atoms with E-state index in [1.165, 1.54) is 12.1 Å². The zero-order chi connectivity index (χ0) is 20.6. The second-order valence-electron chi connectivity index (χ2n) is 8.06. The second kappa shape index (κ2) is 7.50. The van der Waals surface area contributed by atoms with Crippen LogP contribution in [-0.4, -0.2) is 42.9 Å². The van der Waals surface area contributed by atoms with Gasteiger partial charge in [0.1, 0.15) is 11.2 Å². The van der Waals surface area contributed by atoms with Gasteiger partial charge in [0.2, 0.25) is 11.8 Å². The molecule has 1 heterocycles. The number of benzene rings is 2. The zero-order valence-electron chi connectivity index (χ0n) is 16.9. The highest BCUT2D eigenvalue weighted by atomic mass is 19.1. The van der Waals surface area contributed by atoms with Gasteiger partial charge in [-0.3, -0.25) is 9.59 Å². The molecule has 0 radical (unpaired) electrons. The van der Waals surface area contributed by atoms with Crippen molar-refractivity contribution in [3.63, 3.8) is 0 Å². The van der Waals surface area contributed by atoms with E-state index in [0.29, 0.717) is 39.0 Å². The third-order valence-electron chi connectivity index (χ3n) is 6.07. The highest BCUT2D eigenvalue weighted by Gasteiger charge is 2.58. The van der Waals surface area contributed by atoms with Gasteiger partial charge in [-0.05, 0) is 62.1 Å². The smallest absolute Gasteiger partial charge is 0.240 e. The topological polar surface area (TPSA) is 52.7 Å². The number of para-hydroxylation sites is 1. The molecule has 2 aliphatic rings. The molecule has 1 saturated carbocycles. The first-order chi connectivity index (χ1) is 13.9. The van der Waals surface area contributed by atoms with E-state index in [0.717, 1.165) is 22.5 Å². The molecule has 2 aromatic carbocycles. The second-order valence-corrected chi connectivity index (χ2v) is 8.06. The number of hydrogen-bond donors (Lipinski definition) is 1. The van der Waals surface area contributed by atoms with Crippen LogP contribution in [0, 0.1) is 25.1 Å². The molecule has 6 heteroatoms. The van der Waals surface area contributed by atoms with Gasteiger partial charge in [0, 0.05) is 37.6 Å². The first kappa shape index (κ1) is 19.4. The molecule has 0 bridgehead atoms. The molecule has 152 valence electrons. The van der Waals surface area contributed by atoms with Crippen LogP contribution in [-0.2, 0) is 9.59 Å². The van der Waals surface area contributed by atoms with Crippen LogP contribution in [0.5, 0.6) is 0 Å². The van der Waals surface area contributed by atoms with Crippen LogP contribution < -0.4 is 10.2 Å². The molecule has 1 saturated heterocycles. The Morgan fingerprint density at radius 3 is 2.07 bits per heavy atom. The molecule has 1 aliphatic heterocycles. The van der Waals surface area contributed by atoms with E-state index >= 15 is 0 Å². The molecular weight excluding hydrogens is 369 g/mol. The van der Waals surface area contributed by atoms with Crippen LogP contribution in [0.15, 0.2) is 42.5 Å². The lowest BCUT2D eigenvalue weighted by molar-refractivity contribution is -0.142. The fourth-order valence-electron chi connectivity index (χ4n) is 4.03. The molecule has 1 N–H and O–H groups in total. The predicted octanol–water partition coefficient (Wildman–Crippen LogP) is 3.51. The van der Waals surface area contributed by atoms with Crippen LogP contribution in [0.25, 0.3) is 0 Å². The van der Waals surface area contributed by atoms with Gasteiger partial charge in [0.15, 0.2) is 0 Å². The quantitative estimate of drug-likeness (QED) is 0.806. The molecule has 0 spiro atoms. The summed E-state index contributed by atoms with van der Waals surface area (Å²) in [4.78, 5) is 30.1. The van der Waals surface area contributed by atoms with Crippen molar-refractivity contribution >= 4 is 23.2 Å². The Kier molecular flexibility index (Phi) is 5.03. The number of nitrogens with zero attached hydrogens (tertiary/aromatic N) is 2. The number of anilines is 2. The van der Waals surface area contributed by atoms with Crippen molar-refractivity contribution in [1.82, 2.24) is 4.90 Å². The van der Waals surface area contributed by atoms with Crippen molar-refractivity contribution in [3.05, 3.63) is 59.4 Å². The summed E-state index contributed by atoms with van der Waals surface area (Å²) in [6, 6.07) is 12.3. The average molecular weight is 395 g/mol. The largest absolute Gasteiger partial charge is 0.368 e. The molecule has 1 aliphatic carbocycles. The summed E-state index contributed by atoms with van der Waals surface area (Å²) in [5, 5.41) is 3.01. The Morgan fingerprint density at radius 1 is 0.931 bits per heavy atom. The van der Waals surface area contributed by atoms with Crippen molar-refractivity contribution in [2.75, 3.05) is 36.4 Å². The van der Waals surface area contributed by atoms with Crippen LogP contribution in [0.2, 0.25) is 0 Å². The van der Waals surface area contributed by atoms with E-state index in [-0.39, 0.29) is 17.6 Å². The lowest BCUT2D eigenvalue weighted by Crippen LogP contribution is -2.52. The van der Waals surface area contributed by atoms with Crippen LogP contribution >= 0.6 is 0 Å². The maximum Gasteiger partial charge on any atom is 0.240 e. The predicted molar refractivity (Wildman–Crippen MR) is 111 cm³/mol. The minimum absolute atomic E-state index is 0.0695. The van der Waals surface area contributed by atoms with Crippen LogP contribution in [0.4, 0.5) is 15.8 Å². The summed E-state index contributed by atoms with van der Waals surface area (Å²) in [5.74, 6) is -0.519. The first-order valence-corrected chi connectivity index (χ1v) is 10.1. The molecule has 29 heavy (non-hydrogen) atoms. The minimum atomic E-state index is -0.924. The Hall–Kier alpha value is -2.89. The Balaban J connectivity index is 1.40. The minimum Gasteiger partial charge on any atom is -0.368 e. The average Bonchev–Trinajstić information content (AvgIpc) is 3.53. The van der Waals surface area contributed by atoms with E-state index in [2.05, 4.69) is 10.2 Å². The summed E-state index contributed by atoms with van der Waals surface area (Å²) in [5.41, 5.74) is 2.82. The van der Waals surface area contributed by atoms with Gasteiger partial charge in [-0.15, -0.1) is 0 Å². The maximum atomic E-state index is 13.2. The standard InChI is InChI=1S/C23H26FN3O2/c1-16-4-3-5-17(2)20(16)25-21(28)23(10-11-23)22(29)27-14-12-26(13-15-27)19-8-6-18(24)7-9-19/h3-9H,10-15H2,1-2H3,(H,25,28). The van der Waals surface area contributed by atoms with Gasteiger partial charge >= 0.3 is 0 Å². The molecule has 0 atom stereocenters. The molecule has 4 rings (SSSR count). The number of nitrogens with one attached hydrogen (secondary N) is 1. The third kappa shape index (κ3) is 3.71. The molecule has 2 aromatic rings. The number of rotatable bonds is 4. The maximum absolute atomic E-state index is 13.2. The van der Waals surface area contributed by atoms with E-state index in [1.807, 2.05) is 32.0 Å². The molecule has 0 aromatic heterocycles. The molecule has 0 unspecified atom stereocenters. The van der Waals surface area contributed by atoms with Crippen molar-refractivity contribution in [1.29, 1.82) is 0 Å². The van der Waals surface area contributed by atoms with Crippen molar-refractivity contribution < 1.29 is 14.0 Å². The van der Waals surface area contributed by atoms with E-state index < -0.39 is 5.41 Å². The third-order valence-corrected chi connectivity index (χ3v) is 6.07. The Morgan fingerprint density at radius 2 is 1.52 bits per heavy atom. The number of halogens is 1. The summed E-state index contributed by atoms with van der Waals surface area (Å²) in [7, 11) is 0. The Bertz CT molecular complexity index is 909. The number of carbonyl (C=O) groups is 2. The van der Waals surface area contributed by atoms with Crippen molar-refractivity contribution in [2.24, 2.45) is 5.41 Å². The van der Waals surface area contributed by atoms with Crippen LogP contribution in [0.3, 0.4) is 0 Å². The highest BCUT2D eigenvalue weighted by Crippen LogP contribution is 2.48. The SMILES string of the molecule is Cc1cccc(C)c1NC(=O)C1(C(=O)N2CCN(c3ccc(F)cc3)CC2)CC1. The van der Waals surface area contributed by atoms with Crippen molar-refractivity contribution in [2.45, 2.75) is 26.7 Å². The van der Waals surface area contributed by atoms with Gasteiger partial charge in [-0.2, -0.15) is 0 Å². The fourth-order valence-corrected chi connectivity index (χ4v) is 4.03. The number of hydrogen-bond acceptors (Lipinski definition) is 3. The molecule has 2 amide bonds. The van der Waals surface area contributed by atoms with E-state index in [1.54, 1.807) is 17.0 Å². The monoisotopic (exact) mass is 395 g/mol. The molecule has 5 nitrogen and oxygen atoms in total. The normalized spacial score (nSPS) is 17.8. The summed E-state index contributed by atoms with van der Waals surface area (Å²) in [6.45, 7) is 6.39. The lowest BCUT2D eigenvalue weighted by atomic mass is 10.0. The van der Waals surface area contributed by atoms with Crippen molar-refractivity contribution in [3.8, 4) is 0 Å². The van der Waals surface area contributed by atoms with Gasteiger partial charge < -0.3 is 15.1 Å². The fraction of sp³-hybridized carbons (Fsp3) is 0.391. The summed E-state index contributed by atoms with van der Waals surface area (Å²) >= 11 is 0. The number of piperazine rings is 1. The van der Waals surface area contributed by atoms with Crippen LogP contribution in [0.1, 0.15) is 24.0 Å². The molecular formula is C23H26FN3O2. The summed E-state index contributed by atoms with van der Waals surface area (Å²) < 4.78 is 13.1. The number of amides is 2. The van der Waals surface area contributed by atoms with E-state index in [9.17, 15) is 14.0 Å². The van der Waals surface area contributed by atoms with E-state index in [4.69, 9.17) is 0 Å². The highest BCUT2D eigenvalue weighted by molar-refractivity contribution is 6.13. The lowest BCUT2D eigenvalue weighted by Gasteiger charge is -2.37. The van der Waals surface area contributed by atoms with Gasteiger partial charge in [0.05, 0.1) is 0 Å². The van der Waals surface area contributed by atoms with Gasteiger partial charge in [-0.1, -0.05) is 18.2 Å². The number of aryl methyl sites for hydroxylation is 2.